The lowest BCUT2D eigenvalue weighted by Gasteiger charge is -2.09. The number of ether oxygens (including phenoxy) is 1. The van der Waals surface area contributed by atoms with Gasteiger partial charge in [0.15, 0.2) is 0 Å². The molecule has 0 aliphatic carbocycles. The number of nitrogens with one attached hydrogen (secondary N) is 1. The van der Waals surface area contributed by atoms with Crippen LogP contribution < -0.4 is 10.1 Å². The van der Waals surface area contributed by atoms with Gasteiger partial charge in [0.1, 0.15) is 5.75 Å². The van der Waals surface area contributed by atoms with Crippen LogP contribution in [0.15, 0.2) is 58.0 Å². The van der Waals surface area contributed by atoms with E-state index in [1.54, 1.807) is 7.11 Å². The highest BCUT2D eigenvalue weighted by Gasteiger charge is 2.02. The molecule has 0 amide bonds. The second-order valence-electron chi connectivity index (χ2n) is 4.36. The minimum Gasteiger partial charge on any atom is -0.497 e. The van der Waals surface area contributed by atoms with Gasteiger partial charge in [0.05, 0.1) is 25.2 Å². The molecule has 0 fully saturated rings. The molecule has 104 valence electrons. The van der Waals surface area contributed by atoms with E-state index in [-0.39, 0.29) is 0 Å². The molecule has 3 nitrogen and oxygen atoms in total. The fraction of sp³-hybridized carbons (Fsp3) is 0.188. The van der Waals surface area contributed by atoms with Crippen molar-refractivity contribution in [3.05, 3.63) is 58.6 Å². The van der Waals surface area contributed by atoms with E-state index < -0.39 is 0 Å². The number of aliphatic imine (C=N–C) groups is 1. The summed E-state index contributed by atoms with van der Waals surface area (Å²) in [5.41, 5.74) is 2.17. The molecule has 0 bridgehead atoms. The van der Waals surface area contributed by atoms with Crippen molar-refractivity contribution in [2.24, 2.45) is 4.99 Å². The van der Waals surface area contributed by atoms with Crippen molar-refractivity contribution in [3.63, 3.8) is 0 Å². The van der Waals surface area contributed by atoms with Crippen LogP contribution in [0.2, 0.25) is 0 Å². The maximum absolute atomic E-state index is 5.17. The molecule has 0 saturated heterocycles. The molecule has 0 atom stereocenters. The van der Waals surface area contributed by atoms with Crippen LogP contribution in [0.25, 0.3) is 0 Å². The van der Waals surface area contributed by atoms with Crippen LogP contribution in [0, 0.1) is 0 Å². The summed E-state index contributed by atoms with van der Waals surface area (Å²) in [6, 6.07) is 16.0. The van der Waals surface area contributed by atoms with Gasteiger partial charge in [0, 0.05) is 4.47 Å². The third-order valence-electron chi connectivity index (χ3n) is 2.83. The van der Waals surface area contributed by atoms with E-state index in [0.29, 0.717) is 6.54 Å². The molecule has 2 rings (SSSR count). The first kappa shape index (κ1) is 14.6. The van der Waals surface area contributed by atoms with E-state index in [1.807, 2.05) is 43.3 Å². The highest BCUT2D eigenvalue weighted by atomic mass is 79.9. The Labute approximate surface area is 127 Å². The lowest BCUT2D eigenvalue weighted by Crippen LogP contribution is -2.08. The molecule has 4 heteroatoms. The van der Waals surface area contributed by atoms with Gasteiger partial charge in [0.2, 0.25) is 0 Å². The van der Waals surface area contributed by atoms with E-state index in [0.717, 1.165) is 21.7 Å². The molecule has 0 heterocycles. The summed E-state index contributed by atoms with van der Waals surface area (Å²) in [7, 11) is 1.65. The minimum absolute atomic E-state index is 0.674. The number of amidine groups is 1. The standard InChI is InChI=1S/C16H17BrN2O/c1-12(18-11-13-6-4-3-5-7-13)19-16-9-8-14(20-2)10-15(16)17/h3-10H,11H2,1-2H3,(H,18,19). The number of benzene rings is 2. The molecule has 2 aromatic carbocycles. The first-order chi connectivity index (χ1) is 9.69. The Hall–Kier alpha value is -1.81. The average Bonchev–Trinajstić information content (AvgIpc) is 2.48. The Morgan fingerprint density at radius 1 is 1.20 bits per heavy atom. The largest absolute Gasteiger partial charge is 0.497 e. The van der Waals surface area contributed by atoms with Gasteiger partial charge >= 0.3 is 0 Å². The number of rotatable bonds is 4. The van der Waals surface area contributed by atoms with Crippen molar-refractivity contribution in [2.75, 3.05) is 12.4 Å². The highest BCUT2D eigenvalue weighted by molar-refractivity contribution is 9.10. The smallest absolute Gasteiger partial charge is 0.120 e. The minimum atomic E-state index is 0.674. The maximum atomic E-state index is 5.17. The van der Waals surface area contributed by atoms with E-state index >= 15 is 0 Å². The zero-order valence-electron chi connectivity index (χ0n) is 11.6. The van der Waals surface area contributed by atoms with Crippen molar-refractivity contribution in [1.29, 1.82) is 0 Å². The molecule has 2 aromatic rings. The van der Waals surface area contributed by atoms with E-state index in [2.05, 4.69) is 38.4 Å². The summed E-state index contributed by atoms with van der Waals surface area (Å²) < 4.78 is 6.12. The third kappa shape index (κ3) is 4.10. The fourth-order valence-corrected chi connectivity index (χ4v) is 2.21. The number of hydrogen-bond donors (Lipinski definition) is 1. The summed E-state index contributed by atoms with van der Waals surface area (Å²) in [5.74, 6) is 1.70. The SMILES string of the molecule is COc1ccc(NC(C)=NCc2ccccc2)c(Br)c1. The van der Waals surface area contributed by atoms with Crippen molar-refractivity contribution < 1.29 is 4.74 Å². The molecule has 1 N–H and O–H groups in total. The van der Waals surface area contributed by atoms with E-state index in [1.165, 1.54) is 5.56 Å². The summed E-state index contributed by atoms with van der Waals surface area (Å²) in [6.45, 7) is 2.63. The summed E-state index contributed by atoms with van der Waals surface area (Å²) in [4.78, 5) is 4.53. The lowest BCUT2D eigenvalue weighted by atomic mass is 10.2. The van der Waals surface area contributed by atoms with Gasteiger partial charge in [-0.05, 0) is 46.6 Å². The first-order valence-electron chi connectivity index (χ1n) is 6.34. The Bertz CT molecular complexity index is 597. The second-order valence-corrected chi connectivity index (χ2v) is 5.21. The van der Waals surface area contributed by atoms with Crippen LogP contribution in [0.4, 0.5) is 5.69 Å². The predicted octanol–water partition coefficient (Wildman–Crippen LogP) is 4.49. The van der Waals surface area contributed by atoms with Crippen LogP contribution in [-0.4, -0.2) is 12.9 Å². The lowest BCUT2D eigenvalue weighted by molar-refractivity contribution is 0.414. The van der Waals surface area contributed by atoms with Crippen molar-refractivity contribution in [2.45, 2.75) is 13.5 Å². The Morgan fingerprint density at radius 2 is 1.95 bits per heavy atom. The van der Waals surface area contributed by atoms with Crippen LogP contribution in [0.3, 0.4) is 0 Å². The van der Waals surface area contributed by atoms with Crippen molar-refractivity contribution in [1.82, 2.24) is 0 Å². The number of nitrogens with zero attached hydrogens (tertiary/aromatic N) is 1. The number of halogens is 1. The summed E-state index contributed by atoms with van der Waals surface area (Å²) >= 11 is 3.51. The average molecular weight is 333 g/mol. The van der Waals surface area contributed by atoms with Crippen molar-refractivity contribution >= 4 is 27.5 Å². The Morgan fingerprint density at radius 3 is 2.60 bits per heavy atom. The fourth-order valence-electron chi connectivity index (χ4n) is 1.75. The zero-order valence-corrected chi connectivity index (χ0v) is 13.1. The van der Waals surface area contributed by atoms with Gasteiger partial charge < -0.3 is 10.1 Å². The Balaban J connectivity index is 2.02. The van der Waals surface area contributed by atoms with Gasteiger partial charge in [-0.3, -0.25) is 4.99 Å². The number of methoxy groups -OCH3 is 1. The molecular formula is C16H17BrN2O. The zero-order chi connectivity index (χ0) is 14.4. The number of hydrogen-bond acceptors (Lipinski definition) is 2. The molecule has 0 aromatic heterocycles. The molecule has 0 aliphatic heterocycles. The van der Waals surface area contributed by atoms with Gasteiger partial charge in [-0.15, -0.1) is 0 Å². The number of anilines is 1. The molecule has 20 heavy (non-hydrogen) atoms. The van der Waals surface area contributed by atoms with Crippen LogP contribution >= 0.6 is 15.9 Å². The van der Waals surface area contributed by atoms with Gasteiger partial charge in [-0.2, -0.15) is 0 Å². The van der Waals surface area contributed by atoms with E-state index in [9.17, 15) is 0 Å². The summed E-state index contributed by atoms with van der Waals surface area (Å²) in [5, 5.41) is 3.28. The highest BCUT2D eigenvalue weighted by Crippen LogP contribution is 2.27. The quantitative estimate of drug-likeness (QED) is 0.661. The third-order valence-corrected chi connectivity index (χ3v) is 3.49. The van der Waals surface area contributed by atoms with Gasteiger partial charge in [-0.1, -0.05) is 30.3 Å². The molecular weight excluding hydrogens is 316 g/mol. The van der Waals surface area contributed by atoms with Crippen LogP contribution in [0.1, 0.15) is 12.5 Å². The molecule has 0 saturated carbocycles. The Kier molecular flexibility index (Phi) is 5.18. The topological polar surface area (TPSA) is 33.6 Å². The summed E-state index contributed by atoms with van der Waals surface area (Å²) in [6.07, 6.45) is 0. The molecule has 0 unspecified atom stereocenters. The molecule has 0 aliphatic rings. The van der Waals surface area contributed by atoms with Gasteiger partial charge in [-0.25, -0.2) is 0 Å². The molecule has 0 spiro atoms. The van der Waals surface area contributed by atoms with Crippen LogP contribution in [0.5, 0.6) is 5.75 Å². The molecule has 0 radical (unpaired) electrons. The second kappa shape index (κ2) is 7.10. The van der Waals surface area contributed by atoms with Crippen molar-refractivity contribution in [3.8, 4) is 5.75 Å². The normalized spacial score (nSPS) is 11.2. The van der Waals surface area contributed by atoms with Gasteiger partial charge in [0.25, 0.3) is 0 Å². The first-order valence-corrected chi connectivity index (χ1v) is 7.14. The maximum Gasteiger partial charge on any atom is 0.120 e. The van der Waals surface area contributed by atoms with Crippen LogP contribution in [-0.2, 0) is 6.54 Å². The predicted molar refractivity (Wildman–Crippen MR) is 87.6 cm³/mol. The monoisotopic (exact) mass is 332 g/mol. The van der Waals surface area contributed by atoms with E-state index in [4.69, 9.17) is 4.74 Å².